The molecule has 1 aliphatic carbocycles. The first-order valence-electron chi connectivity index (χ1n) is 12.8. The molecule has 3 aromatic rings. The standard InChI is InChI=1S/C29H34N4O5/c1-36-23-11-7-8-20(16-23)19-33(29(35)24-18-30-14-15-31-24)27(28(34)32-22-9-5-4-6-10-22)21-12-13-25(37-2)26(17-21)38-3/h7-8,11-18,22,27H,4-6,9-10,19H2,1-3H3,(H,32,34). The number of benzene rings is 2. The molecule has 1 unspecified atom stereocenters. The average molecular weight is 519 g/mol. The first-order valence-corrected chi connectivity index (χ1v) is 12.8. The molecule has 0 radical (unpaired) electrons. The van der Waals surface area contributed by atoms with E-state index in [1.165, 1.54) is 37.0 Å². The van der Waals surface area contributed by atoms with Crippen LogP contribution in [0.3, 0.4) is 0 Å². The van der Waals surface area contributed by atoms with E-state index in [1.807, 2.05) is 24.3 Å². The van der Waals surface area contributed by atoms with E-state index in [0.29, 0.717) is 22.8 Å². The third-order valence-electron chi connectivity index (χ3n) is 6.77. The number of nitrogens with zero attached hydrogens (tertiary/aromatic N) is 3. The minimum Gasteiger partial charge on any atom is -0.497 e. The van der Waals surface area contributed by atoms with Gasteiger partial charge in [-0.05, 0) is 48.2 Å². The molecule has 0 spiro atoms. The molecule has 1 saturated carbocycles. The van der Waals surface area contributed by atoms with Crippen LogP contribution in [0, 0.1) is 0 Å². The fraction of sp³-hybridized carbons (Fsp3) is 0.379. The van der Waals surface area contributed by atoms with Crippen LogP contribution in [0.5, 0.6) is 17.2 Å². The lowest BCUT2D eigenvalue weighted by atomic mass is 9.94. The molecule has 0 saturated heterocycles. The van der Waals surface area contributed by atoms with Crippen molar-refractivity contribution in [1.29, 1.82) is 0 Å². The van der Waals surface area contributed by atoms with E-state index in [2.05, 4.69) is 15.3 Å². The van der Waals surface area contributed by atoms with Crippen LogP contribution in [0.25, 0.3) is 0 Å². The molecule has 200 valence electrons. The smallest absolute Gasteiger partial charge is 0.275 e. The maximum atomic E-state index is 14.0. The Labute approximate surface area is 223 Å². The molecule has 1 aliphatic rings. The molecular formula is C29H34N4O5. The summed E-state index contributed by atoms with van der Waals surface area (Å²) in [6.45, 7) is 0.143. The number of rotatable bonds is 10. The molecule has 2 aromatic carbocycles. The summed E-state index contributed by atoms with van der Waals surface area (Å²) in [5.41, 5.74) is 1.54. The van der Waals surface area contributed by atoms with Gasteiger partial charge in [-0.1, -0.05) is 37.5 Å². The van der Waals surface area contributed by atoms with Gasteiger partial charge in [0, 0.05) is 25.0 Å². The van der Waals surface area contributed by atoms with Crippen molar-refractivity contribution in [2.75, 3.05) is 21.3 Å². The van der Waals surface area contributed by atoms with Crippen molar-refractivity contribution in [3.63, 3.8) is 0 Å². The number of hydrogen-bond donors (Lipinski definition) is 1. The van der Waals surface area contributed by atoms with Crippen LogP contribution in [0.2, 0.25) is 0 Å². The van der Waals surface area contributed by atoms with Crippen molar-refractivity contribution in [1.82, 2.24) is 20.2 Å². The van der Waals surface area contributed by atoms with E-state index < -0.39 is 11.9 Å². The predicted molar refractivity (Wildman–Crippen MR) is 142 cm³/mol. The highest BCUT2D eigenvalue weighted by molar-refractivity contribution is 5.96. The zero-order valence-corrected chi connectivity index (χ0v) is 22.1. The Morgan fingerprint density at radius 2 is 1.76 bits per heavy atom. The molecule has 0 aliphatic heterocycles. The van der Waals surface area contributed by atoms with Crippen LogP contribution in [0.15, 0.2) is 61.1 Å². The fourth-order valence-electron chi connectivity index (χ4n) is 4.83. The number of methoxy groups -OCH3 is 3. The van der Waals surface area contributed by atoms with Crippen molar-refractivity contribution in [3.8, 4) is 17.2 Å². The van der Waals surface area contributed by atoms with Crippen molar-refractivity contribution in [3.05, 3.63) is 77.9 Å². The number of aromatic nitrogens is 2. The van der Waals surface area contributed by atoms with Crippen molar-refractivity contribution < 1.29 is 23.8 Å². The Balaban J connectivity index is 1.80. The van der Waals surface area contributed by atoms with E-state index >= 15 is 0 Å². The monoisotopic (exact) mass is 518 g/mol. The highest BCUT2D eigenvalue weighted by Crippen LogP contribution is 2.34. The molecule has 4 rings (SSSR count). The van der Waals surface area contributed by atoms with E-state index in [4.69, 9.17) is 14.2 Å². The predicted octanol–water partition coefficient (Wildman–Crippen LogP) is 4.34. The molecule has 38 heavy (non-hydrogen) atoms. The second kappa shape index (κ2) is 12.9. The summed E-state index contributed by atoms with van der Waals surface area (Å²) in [6.07, 6.45) is 9.51. The lowest BCUT2D eigenvalue weighted by molar-refractivity contribution is -0.127. The van der Waals surface area contributed by atoms with E-state index in [-0.39, 0.29) is 24.2 Å². The quantitative estimate of drug-likeness (QED) is 0.426. The van der Waals surface area contributed by atoms with Crippen LogP contribution in [-0.4, -0.2) is 54.1 Å². The van der Waals surface area contributed by atoms with E-state index in [9.17, 15) is 9.59 Å². The van der Waals surface area contributed by atoms with Gasteiger partial charge in [0.25, 0.3) is 5.91 Å². The van der Waals surface area contributed by atoms with Gasteiger partial charge in [0.05, 0.1) is 27.5 Å². The molecule has 1 fully saturated rings. The van der Waals surface area contributed by atoms with Gasteiger partial charge in [0.2, 0.25) is 5.91 Å². The summed E-state index contributed by atoms with van der Waals surface area (Å²) in [5.74, 6) is 0.975. The second-order valence-corrected chi connectivity index (χ2v) is 9.24. The van der Waals surface area contributed by atoms with Crippen LogP contribution in [0.1, 0.15) is 59.8 Å². The third kappa shape index (κ3) is 6.40. The number of amides is 2. The molecule has 1 atom stereocenters. The Bertz CT molecular complexity index is 1230. The minimum atomic E-state index is -0.961. The van der Waals surface area contributed by atoms with Gasteiger partial charge < -0.3 is 24.4 Å². The molecule has 1 heterocycles. The molecule has 0 bridgehead atoms. The van der Waals surface area contributed by atoms with Gasteiger partial charge in [-0.15, -0.1) is 0 Å². The van der Waals surface area contributed by atoms with Gasteiger partial charge >= 0.3 is 0 Å². The Kier molecular flexibility index (Phi) is 9.13. The van der Waals surface area contributed by atoms with Gasteiger partial charge in [-0.25, -0.2) is 4.98 Å². The first kappa shape index (κ1) is 26.9. The zero-order valence-electron chi connectivity index (χ0n) is 22.1. The van der Waals surface area contributed by atoms with Gasteiger partial charge in [0.15, 0.2) is 11.5 Å². The largest absolute Gasteiger partial charge is 0.497 e. The SMILES string of the molecule is COc1cccc(CN(C(=O)c2cnccn2)C(C(=O)NC2CCCCC2)c2ccc(OC)c(OC)c2)c1. The van der Waals surface area contributed by atoms with E-state index in [1.54, 1.807) is 32.4 Å². The Hall–Kier alpha value is -4.14. The average Bonchev–Trinajstić information content (AvgIpc) is 2.97. The van der Waals surface area contributed by atoms with Crippen LogP contribution < -0.4 is 19.5 Å². The minimum absolute atomic E-state index is 0.0594. The highest BCUT2D eigenvalue weighted by atomic mass is 16.5. The second-order valence-electron chi connectivity index (χ2n) is 9.24. The number of nitrogens with one attached hydrogen (secondary N) is 1. The number of hydrogen-bond acceptors (Lipinski definition) is 7. The first-order chi connectivity index (χ1) is 18.5. The summed E-state index contributed by atoms with van der Waals surface area (Å²) in [6, 6.07) is 11.8. The number of carbonyl (C=O) groups excluding carboxylic acids is 2. The molecule has 1 aromatic heterocycles. The maximum absolute atomic E-state index is 14.0. The summed E-state index contributed by atoms with van der Waals surface area (Å²) in [4.78, 5) is 37.8. The summed E-state index contributed by atoms with van der Waals surface area (Å²) < 4.78 is 16.3. The molecule has 2 amide bonds. The Morgan fingerprint density at radius 3 is 2.45 bits per heavy atom. The molecule has 9 heteroatoms. The lowest BCUT2D eigenvalue weighted by Gasteiger charge is -2.33. The van der Waals surface area contributed by atoms with Crippen LogP contribution in [-0.2, 0) is 11.3 Å². The van der Waals surface area contributed by atoms with Gasteiger partial charge in [-0.3, -0.25) is 14.6 Å². The molecule has 9 nitrogen and oxygen atoms in total. The summed E-state index contributed by atoms with van der Waals surface area (Å²) >= 11 is 0. The number of ether oxygens (including phenoxy) is 3. The maximum Gasteiger partial charge on any atom is 0.275 e. The van der Waals surface area contributed by atoms with Crippen molar-refractivity contribution in [2.45, 2.75) is 50.7 Å². The lowest BCUT2D eigenvalue weighted by Crippen LogP contribution is -2.47. The molecular weight excluding hydrogens is 484 g/mol. The topological polar surface area (TPSA) is 103 Å². The van der Waals surface area contributed by atoms with Crippen molar-refractivity contribution >= 4 is 11.8 Å². The van der Waals surface area contributed by atoms with Gasteiger partial charge in [-0.2, -0.15) is 0 Å². The number of carbonyl (C=O) groups is 2. The molecule has 1 N–H and O–H groups in total. The zero-order chi connectivity index (χ0) is 26.9. The summed E-state index contributed by atoms with van der Waals surface area (Å²) in [5, 5.41) is 3.21. The van der Waals surface area contributed by atoms with E-state index in [0.717, 1.165) is 31.2 Å². The van der Waals surface area contributed by atoms with Crippen LogP contribution >= 0.6 is 0 Å². The van der Waals surface area contributed by atoms with Gasteiger partial charge in [0.1, 0.15) is 17.5 Å². The fourth-order valence-corrected chi connectivity index (χ4v) is 4.83. The Morgan fingerprint density at radius 1 is 0.974 bits per heavy atom. The summed E-state index contributed by atoms with van der Waals surface area (Å²) in [7, 11) is 4.68. The normalized spacial score (nSPS) is 14.3. The van der Waals surface area contributed by atoms with Crippen LogP contribution in [0.4, 0.5) is 0 Å². The highest BCUT2D eigenvalue weighted by Gasteiger charge is 2.35. The third-order valence-corrected chi connectivity index (χ3v) is 6.77. The van der Waals surface area contributed by atoms with Crippen molar-refractivity contribution in [2.24, 2.45) is 0 Å².